The van der Waals surface area contributed by atoms with Crippen molar-refractivity contribution in [2.45, 2.75) is 0 Å². The number of fused-ring (bicyclic) bond motifs is 2. The molecule has 0 atom stereocenters. The summed E-state index contributed by atoms with van der Waals surface area (Å²) in [4.78, 5) is 55.7. The second kappa shape index (κ2) is 24.0. The molecule has 0 saturated carbocycles. The fraction of sp³-hybridized carbons (Fsp3) is 0.174. The third-order valence-electron chi connectivity index (χ3n) is 9.85. The lowest BCUT2D eigenvalue weighted by Gasteiger charge is -2.24. The smallest absolute Gasteiger partial charge is 0.259 e. The van der Waals surface area contributed by atoms with Crippen LogP contribution in [0.2, 0.25) is 0 Å². The number of hydrazone groups is 2. The molecule has 67 heavy (non-hydrogen) atoms. The van der Waals surface area contributed by atoms with Crippen molar-refractivity contribution < 1.29 is 44.3 Å². The van der Waals surface area contributed by atoms with E-state index in [0.717, 1.165) is 21.5 Å². The number of rotatable bonds is 20. The largest absolute Gasteiger partial charge is 0.506 e. The minimum atomic E-state index is -0.539. The van der Waals surface area contributed by atoms with Gasteiger partial charge in [0.25, 0.3) is 11.8 Å². The molecule has 6 aromatic rings. The van der Waals surface area contributed by atoms with Gasteiger partial charge in [-0.2, -0.15) is 10.2 Å². The van der Waals surface area contributed by atoms with Crippen LogP contribution in [0, 0.1) is 0 Å². The zero-order chi connectivity index (χ0) is 48.0. The highest BCUT2D eigenvalue weighted by Crippen LogP contribution is 2.41. The standard InChI is InChI=1S/C46H42Br4N8O9/c47-35-19-31(43(63)41(49)45(35)65)21-53-55-39(61)25-57(33-11-9-27-5-1-3-7-29(27)17-33)23-37(59)51-13-15-67-16-14-52-38(60)24-58(34-12-10-28-6-2-4-8-30(28)18-34)26-40(62)56-54-22-32-20-36(48)46(66)42(50)44(32)64/h1-12,17-22,63-66H,13-16,23-26H2,(H,51,59)(H,52,60)(H,55,61)(H,56,62)/b53-21-,54-22-. The number of phenols is 4. The predicted molar refractivity (Wildman–Crippen MR) is 271 cm³/mol. The molecule has 0 aliphatic rings. The number of carbonyl (C=O) groups excluding carboxylic acids is 4. The lowest BCUT2D eigenvalue weighted by molar-refractivity contribution is -0.122. The van der Waals surface area contributed by atoms with Gasteiger partial charge in [-0.3, -0.25) is 19.2 Å². The molecule has 21 heteroatoms. The summed E-state index contributed by atoms with van der Waals surface area (Å²) < 4.78 is 6.38. The number of nitrogens with one attached hydrogen (secondary N) is 4. The minimum Gasteiger partial charge on any atom is -0.506 e. The highest BCUT2D eigenvalue weighted by Gasteiger charge is 2.19. The van der Waals surface area contributed by atoms with Gasteiger partial charge in [-0.1, -0.05) is 60.7 Å². The Morgan fingerprint density at radius 1 is 0.507 bits per heavy atom. The maximum atomic E-state index is 13.2. The van der Waals surface area contributed by atoms with Crippen LogP contribution in [-0.2, 0) is 23.9 Å². The summed E-state index contributed by atoms with van der Waals surface area (Å²) >= 11 is 12.6. The molecule has 6 rings (SSSR count). The van der Waals surface area contributed by atoms with Crippen molar-refractivity contribution in [2.24, 2.45) is 10.2 Å². The van der Waals surface area contributed by atoms with Gasteiger partial charge in [-0.05, 0) is 122 Å². The Hall–Kier alpha value is -6.26. The molecule has 348 valence electrons. The van der Waals surface area contributed by atoms with E-state index in [-0.39, 0.29) is 107 Å². The summed E-state index contributed by atoms with van der Waals surface area (Å²) in [5.41, 5.74) is 6.50. The molecule has 0 bridgehead atoms. The predicted octanol–water partition coefficient (Wildman–Crippen LogP) is 6.73. The van der Waals surface area contributed by atoms with Crippen molar-refractivity contribution in [3.63, 3.8) is 0 Å². The van der Waals surface area contributed by atoms with Crippen LogP contribution in [0.3, 0.4) is 0 Å². The molecule has 0 fully saturated rings. The summed E-state index contributed by atoms with van der Waals surface area (Å²) in [6, 6.07) is 29.4. The third-order valence-corrected chi connectivity index (χ3v) is 12.6. The summed E-state index contributed by atoms with van der Waals surface area (Å²) in [5, 5.41) is 57.9. The number of amides is 4. The first-order valence-electron chi connectivity index (χ1n) is 20.2. The molecule has 17 nitrogen and oxygen atoms in total. The number of hydrogen-bond acceptors (Lipinski definition) is 13. The molecule has 0 aromatic heterocycles. The Morgan fingerprint density at radius 3 is 1.28 bits per heavy atom. The SMILES string of the molecule is O=C(CN(CC(=O)N/N=C\c1cc(Br)c(O)c(Br)c1O)c1ccc2ccccc2c1)NCCOCCNC(=O)CN(CC(=O)N/N=C\c1cc(Br)c(O)c(Br)c1O)c1ccc2ccccc2c1. The first-order valence-corrected chi connectivity index (χ1v) is 23.4. The molecule has 4 amide bonds. The zero-order valence-corrected chi connectivity index (χ0v) is 41.5. The van der Waals surface area contributed by atoms with Crippen molar-refractivity contribution in [2.75, 3.05) is 62.3 Å². The lowest BCUT2D eigenvalue weighted by atomic mass is 10.1. The van der Waals surface area contributed by atoms with Gasteiger partial charge in [-0.25, -0.2) is 10.9 Å². The number of halogens is 4. The van der Waals surface area contributed by atoms with Crippen LogP contribution < -0.4 is 31.3 Å². The quantitative estimate of drug-likeness (QED) is 0.0227. The lowest BCUT2D eigenvalue weighted by Crippen LogP contribution is -2.43. The van der Waals surface area contributed by atoms with Crippen molar-refractivity contribution in [3.8, 4) is 23.0 Å². The van der Waals surface area contributed by atoms with Crippen LogP contribution in [0.15, 0.2) is 125 Å². The van der Waals surface area contributed by atoms with Crippen LogP contribution in [0.1, 0.15) is 11.1 Å². The number of nitrogens with zero attached hydrogens (tertiary/aromatic N) is 4. The fourth-order valence-electron chi connectivity index (χ4n) is 6.51. The van der Waals surface area contributed by atoms with Crippen LogP contribution in [0.4, 0.5) is 11.4 Å². The second-order valence-corrected chi connectivity index (χ2v) is 17.9. The van der Waals surface area contributed by atoms with E-state index in [2.05, 4.69) is 95.4 Å². The van der Waals surface area contributed by atoms with E-state index in [9.17, 15) is 39.6 Å². The molecule has 0 aliphatic heterocycles. The number of phenolic OH excluding ortho intramolecular Hbond substituents is 4. The van der Waals surface area contributed by atoms with Crippen LogP contribution in [-0.4, -0.2) is 109 Å². The van der Waals surface area contributed by atoms with Gasteiger partial charge in [0.2, 0.25) is 11.8 Å². The van der Waals surface area contributed by atoms with Gasteiger partial charge < -0.3 is 45.6 Å². The van der Waals surface area contributed by atoms with E-state index in [0.29, 0.717) is 20.3 Å². The van der Waals surface area contributed by atoms with Gasteiger partial charge in [0.15, 0.2) is 0 Å². The molecule has 0 unspecified atom stereocenters. The van der Waals surface area contributed by atoms with Crippen molar-refractivity contribution in [3.05, 3.63) is 126 Å². The number of ether oxygens (including phenoxy) is 1. The Morgan fingerprint density at radius 2 is 0.881 bits per heavy atom. The van der Waals surface area contributed by atoms with Gasteiger partial charge >= 0.3 is 0 Å². The molecule has 0 aliphatic carbocycles. The normalized spacial score (nSPS) is 11.3. The van der Waals surface area contributed by atoms with Crippen molar-refractivity contribution >= 4 is 133 Å². The summed E-state index contributed by atoms with van der Waals surface area (Å²) in [6.07, 6.45) is 2.44. The van der Waals surface area contributed by atoms with Crippen LogP contribution in [0.25, 0.3) is 21.5 Å². The number of hydrogen-bond donors (Lipinski definition) is 8. The van der Waals surface area contributed by atoms with E-state index >= 15 is 0 Å². The first kappa shape index (κ1) is 50.2. The van der Waals surface area contributed by atoms with Gasteiger partial charge in [0.1, 0.15) is 31.9 Å². The summed E-state index contributed by atoms with van der Waals surface area (Å²) in [6.45, 7) is -0.302. The Kier molecular flexibility index (Phi) is 17.9. The average molecular weight is 1170 g/mol. The molecule has 8 N–H and O–H groups in total. The van der Waals surface area contributed by atoms with Gasteiger partial charge in [0.05, 0.1) is 60.8 Å². The highest BCUT2D eigenvalue weighted by molar-refractivity contribution is 9.11. The molecular weight excluding hydrogens is 1130 g/mol. The zero-order valence-electron chi connectivity index (χ0n) is 35.2. The van der Waals surface area contributed by atoms with E-state index < -0.39 is 11.8 Å². The Bertz CT molecular complexity index is 2680. The van der Waals surface area contributed by atoms with E-state index in [4.69, 9.17) is 4.74 Å². The molecule has 0 spiro atoms. The Balaban J connectivity index is 0.981. The molecule has 0 heterocycles. The average Bonchev–Trinajstić information content (AvgIpc) is 3.32. The van der Waals surface area contributed by atoms with E-state index in [1.54, 1.807) is 9.80 Å². The topological polar surface area (TPSA) is 238 Å². The maximum Gasteiger partial charge on any atom is 0.259 e. The van der Waals surface area contributed by atoms with Crippen LogP contribution >= 0.6 is 63.7 Å². The number of aromatic hydroxyl groups is 4. The monoisotopic (exact) mass is 1170 g/mol. The van der Waals surface area contributed by atoms with Crippen LogP contribution in [0.5, 0.6) is 23.0 Å². The van der Waals surface area contributed by atoms with E-state index in [1.807, 2.05) is 84.9 Å². The number of benzene rings is 6. The molecule has 6 aromatic carbocycles. The number of carbonyl (C=O) groups is 4. The number of anilines is 2. The third kappa shape index (κ3) is 13.9. The van der Waals surface area contributed by atoms with E-state index in [1.165, 1.54) is 24.6 Å². The molecular formula is C46H42Br4N8O9. The van der Waals surface area contributed by atoms with Crippen molar-refractivity contribution in [1.82, 2.24) is 21.5 Å². The summed E-state index contributed by atoms with van der Waals surface area (Å²) in [7, 11) is 0. The summed E-state index contributed by atoms with van der Waals surface area (Å²) in [5.74, 6) is -2.78. The molecule has 0 saturated heterocycles. The second-order valence-electron chi connectivity index (χ2n) is 14.6. The Labute approximate surface area is 417 Å². The maximum absolute atomic E-state index is 13.2. The van der Waals surface area contributed by atoms with Gasteiger partial charge in [-0.15, -0.1) is 0 Å². The molecule has 0 radical (unpaired) electrons. The first-order chi connectivity index (χ1) is 32.2. The fourth-order valence-corrected chi connectivity index (χ4v) is 8.81. The highest BCUT2D eigenvalue weighted by atomic mass is 79.9. The van der Waals surface area contributed by atoms with Gasteiger partial charge in [0, 0.05) is 35.6 Å². The van der Waals surface area contributed by atoms with Crippen molar-refractivity contribution in [1.29, 1.82) is 0 Å². The minimum absolute atomic E-state index is 0.0557.